The first-order valence-electron chi connectivity index (χ1n) is 5.65. The quantitative estimate of drug-likeness (QED) is 0.910. The van der Waals surface area contributed by atoms with Crippen LogP contribution in [-0.4, -0.2) is 35.9 Å². The van der Waals surface area contributed by atoms with Gasteiger partial charge in [0.05, 0.1) is 5.56 Å². The van der Waals surface area contributed by atoms with Gasteiger partial charge < -0.3 is 9.63 Å². The predicted octanol–water partition coefficient (Wildman–Crippen LogP) is 1.54. The highest BCUT2D eigenvalue weighted by Gasteiger charge is 2.23. The van der Waals surface area contributed by atoms with E-state index in [0.717, 1.165) is 6.26 Å². The normalized spacial score (nSPS) is 13.1. The van der Waals surface area contributed by atoms with Crippen molar-refractivity contribution in [2.45, 2.75) is 12.2 Å². The highest BCUT2D eigenvalue weighted by Crippen LogP contribution is 2.23. The van der Waals surface area contributed by atoms with Gasteiger partial charge in [0.2, 0.25) is 0 Å². The van der Waals surface area contributed by atoms with Gasteiger partial charge in [0.25, 0.3) is 5.89 Å². The molecule has 0 saturated carbocycles. The molecule has 0 radical (unpaired) electrons. The summed E-state index contributed by atoms with van der Waals surface area (Å²) < 4.78 is 27.8. The van der Waals surface area contributed by atoms with Gasteiger partial charge in [-0.2, -0.15) is 4.98 Å². The molecule has 0 spiro atoms. The lowest BCUT2D eigenvalue weighted by Crippen LogP contribution is -2.09. The van der Waals surface area contributed by atoms with Gasteiger partial charge >= 0.3 is 5.97 Å². The topological polar surface area (TPSA) is 110 Å². The van der Waals surface area contributed by atoms with E-state index in [1.54, 1.807) is 12.1 Å². The van der Waals surface area contributed by atoms with Crippen LogP contribution in [0.4, 0.5) is 0 Å². The fraction of sp³-hybridized carbons (Fsp3) is 0.250. The molecule has 0 amide bonds. The zero-order valence-corrected chi connectivity index (χ0v) is 11.6. The van der Waals surface area contributed by atoms with Gasteiger partial charge in [-0.15, -0.1) is 0 Å². The van der Waals surface area contributed by atoms with E-state index in [9.17, 15) is 13.2 Å². The predicted molar refractivity (Wildman–Crippen MR) is 70.0 cm³/mol. The van der Waals surface area contributed by atoms with Crippen molar-refractivity contribution >= 4 is 15.8 Å². The lowest BCUT2D eigenvalue weighted by Gasteiger charge is -2.01. The highest BCUT2D eigenvalue weighted by atomic mass is 32.2. The molecule has 1 atom stereocenters. The molecule has 0 saturated heterocycles. The molecule has 0 fully saturated rings. The first kappa shape index (κ1) is 14.2. The average molecular weight is 296 g/mol. The van der Waals surface area contributed by atoms with E-state index >= 15 is 0 Å². The summed E-state index contributed by atoms with van der Waals surface area (Å²) >= 11 is 0. The Hall–Kier alpha value is -2.22. The molecule has 1 aromatic heterocycles. The smallest absolute Gasteiger partial charge is 0.335 e. The lowest BCUT2D eigenvalue weighted by atomic mass is 10.1. The number of sulfone groups is 1. The molecule has 0 aliphatic carbocycles. The molecular formula is C12H12N2O5S. The average Bonchev–Trinajstić information content (AvgIpc) is 2.86. The SMILES string of the molecule is CC(c1noc(-c2cccc(C(=O)O)c2)n1)S(C)(=O)=O. The summed E-state index contributed by atoms with van der Waals surface area (Å²) in [5.41, 5.74) is 0.503. The Morgan fingerprint density at radius 3 is 2.70 bits per heavy atom. The third-order valence-electron chi connectivity index (χ3n) is 2.80. The third kappa shape index (κ3) is 2.85. The Labute approximate surface area is 115 Å². The summed E-state index contributed by atoms with van der Waals surface area (Å²) in [6.07, 6.45) is 1.08. The Bertz CT molecular complexity index is 751. The van der Waals surface area contributed by atoms with Crippen molar-refractivity contribution in [3.8, 4) is 11.5 Å². The number of carboxylic acids is 1. The van der Waals surface area contributed by atoms with Crippen LogP contribution in [0.3, 0.4) is 0 Å². The molecule has 0 aliphatic rings. The molecule has 7 nitrogen and oxygen atoms in total. The van der Waals surface area contributed by atoms with E-state index in [2.05, 4.69) is 10.1 Å². The minimum atomic E-state index is -3.33. The summed E-state index contributed by atoms with van der Waals surface area (Å²) in [5, 5.41) is 11.6. The van der Waals surface area contributed by atoms with E-state index < -0.39 is 21.1 Å². The van der Waals surface area contributed by atoms with Gasteiger partial charge in [-0.25, -0.2) is 13.2 Å². The number of rotatable bonds is 4. The van der Waals surface area contributed by atoms with Crippen LogP contribution in [0.15, 0.2) is 28.8 Å². The fourth-order valence-corrected chi connectivity index (χ4v) is 1.97. The molecule has 1 heterocycles. The largest absolute Gasteiger partial charge is 0.478 e. The number of aromatic nitrogens is 2. The molecule has 1 unspecified atom stereocenters. The number of benzene rings is 1. The van der Waals surface area contributed by atoms with Crippen LogP contribution in [0.25, 0.3) is 11.5 Å². The summed E-state index contributed by atoms with van der Waals surface area (Å²) in [4.78, 5) is 14.9. The Kier molecular flexibility index (Phi) is 3.58. The van der Waals surface area contributed by atoms with Gasteiger partial charge in [-0.3, -0.25) is 0 Å². The number of carbonyl (C=O) groups is 1. The number of hydrogen-bond acceptors (Lipinski definition) is 6. The Balaban J connectivity index is 2.39. The van der Waals surface area contributed by atoms with Crippen molar-refractivity contribution in [3.05, 3.63) is 35.7 Å². The lowest BCUT2D eigenvalue weighted by molar-refractivity contribution is 0.0697. The maximum Gasteiger partial charge on any atom is 0.335 e. The van der Waals surface area contributed by atoms with E-state index in [4.69, 9.17) is 9.63 Å². The van der Waals surface area contributed by atoms with Gasteiger partial charge in [0.1, 0.15) is 5.25 Å². The van der Waals surface area contributed by atoms with Crippen molar-refractivity contribution in [3.63, 3.8) is 0 Å². The van der Waals surface area contributed by atoms with E-state index in [1.165, 1.54) is 19.1 Å². The first-order chi connectivity index (χ1) is 9.29. The molecule has 1 N–H and O–H groups in total. The van der Waals surface area contributed by atoms with Crippen LogP contribution in [0, 0.1) is 0 Å². The summed E-state index contributed by atoms with van der Waals surface area (Å²) in [6, 6.07) is 5.96. The van der Waals surface area contributed by atoms with Crippen LogP contribution in [0.2, 0.25) is 0 Å². The maximum atomic E-state index is 11.4. The molecular weight excluding hydrogens is 284 g/mol. The van der Waals surface area contributed by atoms with Crippen LogP contribution in [-0.2, 0) is 9.84 Å². The Morgan fingerprint density at radius 1 is 1.40 bits per heavy atom. The summed E-state index contributed by atoms with van der Waals surface area (Å²) in [6.45, 7) is 1.46. The highest BCUT2D eigenvalue weighted by molar-refractivity contribution is 7.90. The Morgan fingerprint density at radius 2 is 2.10 bits per heavy atom. The van der Waals surface area contributed by atoms with Gasteiger partial charge in [0, 0.05) is 11.8 Å². The fourth-order valence-electron chi connectivity index (χ4n) is 1.49. The van der Waals surface area contributed by atoms with Crippen LogP contribution >= 0.6 is 0 Å². The number of aromatic carboxylic acids is 1. The van der Waals surface area contributed by atoms with Crippen molar-refractivity contribution in [2.24, 2.45) is 0 Å². The second-order valence-corrected chi connectivity index (χ2v) is 6.68. The molecule has 8 heteroatoms. The maximum absolute atomic E-state index is 11.4. The van der Waals surface area contributed by atoms with Crippen LogP contribution in [0.5, 0.6) is 0 Å². The van der Waals surface area contributed by atoms with Crippen molar-refractivity contribution in [2.75, 3.05) is 6.26 Å². The molecule has 20 heavy (non-hydrogen) atoms. The molecule has 0 aliphatic heterocycles. The second kappa shape index (κ2) is 5.04. The molecule has 106 valence electrons. The van der Waals surface area contributed by atoms with Crippen LogP contribution < -0.4 is 0 Å². The van der Waals surface area contributed by atoms with E-state index in [-0.39, 0.29) is 17.3 Å². The standard InChI is InChI=1S/C12H12N2O5S/c1-7(20(2,17)18)10-13-11(19-14-10)8-4-3-5-9(6-8)12(15)16/h3-7H,1-2H3,(H,15,16). The van der Waals surface area contributed by atoms with Crippen molar-refractivity contribution < 1.29 is 22.8 Å². The van der Waals surface area contributed by atoms with Gasteiger partial charge in [0.15, 0.2) is 15.7 Å². The summed E-state index contributed by atoms with van der Waals surface area (Å²) in [5.74, 6) is -0.946. The molecule has 1 aromatic carbocycles. The molecule has 2 aromatic rings. The minimum absolute atomic E-state index is 0.0447. The minimum Gasteiger partial charge on any atom is -0.478 e. The van der Waals surface area contributed by atoms with Gasteiger partial charge in [-0.05, 0) is 25.1 Å². The van der Waals surface area contributed by atoms with E-state index in [0.29, 0.717) is 5.56 Å². The first-order valence-corrected chi connectivity index (χ1v) is 7.60. The number of nitrogens with zero attached hydrogens (tertiary/aromatic N) is 2. The van der Waals surface area contributed by atoms with Crippen molar-refractivity contribution in [1.29, 1.82) is 0 Å². The molecule has 0 bridgehead atoms. The second-order valence-electron chi connectivity index (χ2n) is 4.32. The molecule has 2 rings (SSSR count). The zero-order chi connectivity index (χ0) is 14.9. The third-order valence-corrected chi connectivity index (χ3v) is 4.30. The van der Waals surface area contributed by atoms with Gasteiger partial charge in [-0.1, -0.05) is 11.2 Å². The number of carboxylic acid groups (broad SMARTS) is 1. The summed E-state index contributed by atoms with van der Waals surface area (Å²) in [7, 11) is -3.33. The van der Waals surface area contributed by atoms with Crippen LogP contribution in [0.1, 0.15) is 28.4 Å². The monoisotopic (exact) mass is 296 g/mol. The number of hydrogen-bond donors (Lipinski definition) is 1. The zero-order valence-electron chi connectivity index (χ0n) is 10.8. The van der Waals surface area contributed by atoms with E-state index in [1.807, 2.05) is 0 Å². The van der Waals surface area contributed by atoms with Crippen molar-refractivity contribution in [1.82, 2.24) is 10.1 Å².